The van der Waals surface area contributed by atoms with Gasteiger partial charge >= 0.3 is 0 Å². The molecule has 1 aromatic heterocycles. The molecule has 8 heteroatoms. The van der Waals surface area contributed by atoms with Gasteiger partial charge < -0.3 is 0 Å². The Bertz CT molecular complexity index is 722. The molecule has 0 saturated heterocycles. The molecule has 20 heavy (non-hydrogen) atoms. The van der Waals surface area contributed by atoms with Crippen LogP contribution in [0.15, 0.2) is 23.1 Å². The molecule has 1 N–H and O–H groups in total. The molecule has 1 heterocycles. The van der Waals surface area contributed by atoms with Gasteiger partial charge in [0.15, 0.2) is 4.90 Å². The lowest BCUT2D eigenvalue weighted by Gasteiger charge is -2.07. The number of nitrogens with zero attached hydrogens (tertiary/aromatic N) is 1. The van der Waals surface area contributed by atoms with Crippen LogP contribution < -0.4 is 4.72 Å². The number of rotatable bonds is 4. The molecule has 0 spiro atoms. The summed E-state index contributed by atoms with van der Waals surface area (Å²) in [6, 6.07) is 2.92. The zero-order valence-electron chi connectivity index (χ0n) is 10.8. The van der Waals surface area contributed by atoms with Gasteiger partial charge in [0.2, 0.25) is 10.0 Å². The Labute approximate surface area is 119 Å². The smallest absolute Gasteiger partial charge is 0.246 e. The van der Waals surface area contributed by atoms with Crippen molar-refractivity contribution in [2.75, 3.05) is 0 Å². The third-order valence-electron chi connectivity index (χ3n) is 2.61. The minimum Gasteiger partial charge on any atom is -0.247 e. The van der Waals surface area contributed by atoms with Gasteiger partial charge in [-0.25, -0.2) is 26.9 Å². The van der Waals surface area contributed by atoms with E-state index in [-0.39, 0.29) is 6.54 Å². The summed E-state index contributed by atoms with van der Waals surface area (Å²) in [6.45, 7) is 3.50. The van der Waals surface area contributed by atoms with Crippen LogP contribution in [0.4, 0.5) is 8.78 Å². The fraction of sp³-hybridized carbons (Fsp3) is 0.250. The molecule has 0 fully saturated rings. The fourth-order valence-corrected chi connectivity index (χ4v) is 3.81. The molecule has 4 nitrogen and oxygen atoms in total. The second kappa shape index (κ2) is 5.55. The minimum absolute atomic E-state index is 0.0482. The molecule has 0 aliphatic rings. The van der Waals surface area contributed by atoms with Gasteiger partial charge in [-0.15, -0.1) is 11.3 Å². The van der Waals surface area contributed by atoms with E-state index in [0.717, 1.165) is 23.2 Å². The van der Waals surface area contributed by atoms with Crippen molar-refractivity contribution in [2.45, 2.75) is 25.3 Å². The quantitative estimate of drug-likeness (QED) is 0.942. The zero-order chi connectivity index (χ0) is 14.9. The summed E-state index contributed by atoms with van der Waals surface area (Å²) in [5.41, 5.74) is 0.698. The van der Waals surface area contributed by atoms with Gasteiger partial charge in [-0.1, -0.05) is 6.07 Å². The molecule has 108 valence electrons. The molecule has 2 aromatic rings. The van der Waals surface area contributed by atoms with Crippen LogP contribution in [0.3, 0.4) is 0 Å². The third-order valence-corrected chi connectivity index (χ3v) is 5.13. The van der Waals surface area contributed by atoms with Crippen molar-refractivity contribution in [1.29, 1.82) is 0 Å². The van der Waals surface area contributed by atoms with Crippen molar-refractivity contribution in [2.24, 2.45) is 0 Å². The van der Waals surface area contributed by atoms with Crippen LogP contribution in [-0.2, 0) is 16.6 Å². The van der Waals surface area contributed by atoms with Crippen molar-refractivity contribution >= 4 is 21.4 Å². The van der Waals surface area contributed by atoms with Crippen LogP contribution in [-0.4, -0.2) is 13.4 Å². The molecule has 0 atom stereocenters. The van der Waals surface area contributed by atoms with Gasteiger partial charge in [0.05, 0.1) is 10.7 Å². The van der Waals surface area contributed by atoms with Gasteiger partial charge in [-0.3, -0.25) is 0 Å². The van der Waals surface area contributed by atoms with E-state index in [2.05, 4.69) is 9.71 Å². The average molecular weight is 318 g/mol. The maximum absolute atomic E-state index is 13.5. The molecule has 0 saturated carbocycles. The summed E-state index contributed by atoms with van der Waals surface area (Å²) in [5, 5.41) is 0.800. The first-order valence-corrected chi connectivity index (χ1v) is 7.98. The molecule has 0 radical (unpaired) electrons. The molecular formula is C12H12F2N2O2S2. The zero-order valence-corrected chi connectivity index (χ0v) is 12.4. The van der Waals surface area contributed by atoms with Crippen molar-refractivity contribution in [3.63, 3.8) is 0 Å². The number of thiazole rings is 1. The van der Waals surface area contributed by atoms with E-state index in [9.17, 15) is 17.2 Å². The van der Waals surface area contributed by atoms with Gasteiger partial charge in [-0.2, -0.15) is 0 Å². The lowest BCUT2D eigenvalue weighted by Crippen LogP contribution is -2.25. The molecule has 2 rings (SSSR count). The Balaban J connectivity index is 2.26. The van der Waals surface area contributed by atoms with Crippen molar-refractivity contribution < 1.29 is 17.2 Å². The summed E-state index contributed by atoms with van der Waals surface area (Å²) in [4.78, 5) is 3.91. The Kier molecular flexibility index (Phi) is 4.17. The van der Waals surface area contributed by atoms with Gasteiger partial charge in [0, 0.05) is 11.4 Å². The Morgan fingerprint density at radius 3 is 2.35 bits per heavy atom. The largest absolute Gasteiger partial charge is 0.247 e. The summed E-state index contributed by atoms with van der Waals surface area (Å²) in [7, 11) is -4.25. The lowest BCUT2D eigenvalue weighted by atomic mass is 10.3. The first-order valence-electron chi connectivity index (χ1n) is 5.68. The highest BCUT2D eigenvalue weighted by Crippen LogP contribution is 2.20. The highest BCUT2D eigenvalue weighted by Gasteiger charge is 2.23. The molecule has 0 aliphatic carbocycles. The maximum atomic E-state index is 13.5. The number of nitrogens with one attached hydrogen (secondary N) is 1. The minimum atomic E-state index is -4.25. The number of hydrogen-bond donors (Lipinski definition) is 1. The number of aromatic nitrogens is 1. The van der Waals surface area contributed by atoms with Crippen molar-refractivity contribution in [1.82, 2.24) is 9.71 Å². The molecule has 0 unspecified atom stereocenters. The van der Waals surface area contributed by atoms with E-state index in [4.69, 9.17) is 0 Å². The number of aryl methyl sites for hydroxylation is 2. The first-order chi connectivity index (χ1) is 9.31. The van der Waals surface area contributed by atoms with E-state index in [1.807, 2.05) is 0 Å². The van der Waals surface area contributed by atoms with Crippen LogP contribution in [0.25, 0.3) is 0 Å². The Hall–Kier alpha value is -1.38. The van der Waals surface area contributed by atoms with Gasteiger partial charge in [0.25, 0.3) is 0 Å². The van der Waals surface area contributed by atoms with Crippen molar-refractivity contribution in [3.8, 4) is 0 Å². The fourth-order valence-electron chi connectivity index (χ4n) is 1.71. The second-order valence-electron chi connectivity index (χ2n) is 4.12. The highest BCUT2D eigenvalue weighted by molar-refractivity contribution is 7.89. The van der Waals surface area contributed by atoms with E-state index >= 15 is 0 Å². The predicted octanol–water partition coefficient (Wildman–Crippen LogP) is 2.52. The van der Waals surface area contributed by atoms with Gasteiger partial charge in [0.1, 0.15) is 11.6 Å². The summed E-state index contributed by atoms with van der Waals surface area (Å²) < 4.78 is 53.1. The summed E-state index contributed by atoms with van der Waals surface area (Å²) in [6.07, 6.45) is 0. The highest BCUT2D eigenvalue weighted by atomic mass is 32.2. The van der Waals surface area contributed by atoms with Crippen LogP contribution in [0.5, 0.6) is 0 Å². The summed E-state index contributed by atoms with van der Waals surface area (Å²) in [5.74, 6) is -2.23. The molecule has 0 bridgehead atoms. The van der Waals surface area contributed by atoms with Crippen LogP contribution in [0.2, 0.25) is 0 Å². The van der Waals surface area contributed by atoms with Crippen molar-refractivity contribution in [3.05, 3.63) is 45.4 Å². The van der Waals surface area contributed by atoms with Crippen LogP contribution in [0, 0.1) is 25.5 Å². The standard InChI is InChI=1S/C12H12F2N2O2S2/c1-7-11(19-8(2)16-7)6-15-20(17,18)12-9(13)4-3-5-10(12)14/h3-5,15H,6H2,1-2H3. The molecular weight excluding hydrogens is 306 g/mol. The van der Waals surface area contributed by atoms with Crippen LogP contribution >= 0.6 is 11.3 Å². The van der Waals surface area contributed by atoms with E-state index in [1.54, 1.807) is 13.8 Å². The third kappa shape index (κ3) is 3.02. The van der Waals surface area contributed by atoms with E-state index < -0.39 is 26.6 Å². The second-order valence-corrected chi connectivity index (χ2v) is 7.11. The Morgan fingerprint density at radius 1 is 1.25 bits per heavy atom. The number of hydrogen-bond acceptors (Lipinski definition) is 4. The number of sulfonamides is 1. The van der Waals surface area contributed by atoms with E-state index in [0.29, 0.717) is 10.6 Å². The summed E-state index contributed by atoms with van der Waals surface area (Å²) >= 11 is 1.33. The first kappa shape index (κ1) is 15.0. The molecule has 1 aromatic carbocycles. The van der Waals surface area contributed by atoms with Gasteiger partial charge in [-0.05, 0) is 26.0 Å². The normalized spacial score (nSPS) is 11.8. The predicted molar refractivity (Wildman–Crippen MR) is 72.0 cm³/mol. The maximum Gasteiger partial charge on any atom is 0.246 e. The van der Waals surface area contributed by atoms with E-state index in [1.165, 1.54) is 11.3 Å². The monoisotopic (exact) mass is 318 g/mol. The van der Waals surface area contributed by atoms with Crippen LogP contribution in [0.1, 0.15) is 15.6 Å². The number of benzene rings is 1. The lowest BCUT2D eigenvalue weighted by molar-refractivity contribution is 0.514. The molecule has 0 aliphatic heterocycles. The average Bonchev–Trinajstić information content (AvgIpc) is 2.65. The molecule has 0 amide bonds. The number of halogens is 2. The SMILES string of the molecule is Cc1nc(C)c(CNS(=O)(=O)c2c(F)cccc2F)s1. The Morgan fingerprint density at radius 2 is 1.85 bits per heavy atom. The topological polar surface area (TPSA) is 59.1 Å².